The van der Waals surface area contributed by atoms with Crippen LogP contribution in [-0.2, 0) is 0 Å². The molecule has 2 aromatic rings. The zero-order valence-electron chi connectivity index (χ0n) is 9.04. The zero-order chi connectivity index (χ0) is 13.1. The van der Waals surface area contributed by atoms with Crippen LogP contribution in [0.3, 0.4) is 0 Å². The van der Waals surface area contributed by atoms with E-state index in [4.69, 9.17) is 0 Å². The van der Waals surface area contributed by atoms with Gasteiger partial charge < -0.3 is 10.3 Å². The first-order valence-corrected chi connectivity index (χ1v) is 5.01. The highest BCUT2D eigenvalue weighted by Crippen LogP contribution is 2.10. The molecule has 6 heteroatoms. The summed E-state index contributed by atoms with van der Waals surface area (Å²) in [4.78, 5) is 25.6. The van der Waals surface area contributed by atoms with E-state index in [2.05, 4.69) is 10.3 Å². The Morgan fingerprint density at radius 2 is 1.94 bits per heavy atom. The molecule has 0 atom stereocenters. The van der Waals surface area contributed by atoms with Crippen LogP contribution in [0.15, 0.2) is 41.5 Å². The van der Waals surface area contributed by atoms with Crippen molar-refractivity contribution in [2.24, 2.45) is 0 Å². The third kappa shape index (κ3) is 2.42. The van der Waals surface area contributed by atoms with Gasteiger partial charge in [-0.15, -0.1) is 0 Å². The Morgan fingerprint density at radius 1 is 1.17 bits per heavy atom. The number of aromatic amines is 1. The summed E-state index contributed by atoms with van der Waals surface area (Å²) in [5.74, 6) is -2.85. The van der Waals surface area contributed by atoms with Gasteiger partial charge in [-0.05, 0) is 18.2 Å². The molecule has 0 bridgehead atoms. The predicted octanol–water partition coefficient (Wildman–Crippen LogP) is 1.91. The number of pyridine rings is 1. The lowest BCUT2D eigenvalue weighted by Gasteiger charge is -2.04. The van der Waals surface area contributed by atoms with Gasteiger partial charge in [-0.2, -0.15) is 0 Å². The molecule has 1 aromatic carbocycles. The second kappa shape index (κ2) is 4.79. The molecular formula is C12H8F2N2O2. The minimum absolute atomic E-state index is 0.0345. The predicted molar refractivity (Wildman–Crippen MR) is 61.4 cm³/mol. The summed E-state index contributed by atoms with van der Waals surface area (Å²) in [6.07, 6.45) is 2.72. The van der Waals surface area contributed by atoms with E-state index in [1.807, 2.05) is 0 Å². The number of anilines is 1. The lowest BCUT2D eigenvalue weighted by atomic mass is 10.2. The molecule has 0 radical (unpaired) electrons. The maximum Gasteiger partial charge on any atom is 0.255 e. The van der Waals surface area contributed by atoms with Gasteiger partial charge in [0.1, 0.15) is 5.69 Å². The molecule has 18 heavy (non-hydrogen) atoms. The topological polar surface area (TPSA) is 62.0 Å². The molecule has 2 N–H and O–H groups in total. The van der Waals surface area contributed by atoms with E-state index in [1.165, 1.54) is 18.5 Å². The van der Waals surface area contributed by atoms with Crippen LogP contribution in [0.25, 0.3) is 0 Å². The van der Waals surface area contributed by atoms with E-state index in [0.717, 1.165) is 18.2 Å². The highest BCUT2D eigenvalue weighted by Gasteiger charge is 2.11. The number of carbonyl (C=O) groups is 1. The number of benzene rings is 1. The molecular weight excluding hydrogens is 242 g/mol. The number of nitrogens with one attached hydrogen (secondary N) is 2. The maximum absolute atomic E-state index is 12.9. The lowest BCUT2D eigenvalue weighted by Crippen LogP contribution is -2.18. The van der Waals surface area contributed by atoms with Gasteiger partial charge in [0, 0.05) is 24.0 Å². The molecule has 1 heterocycles. The van der Waals surface area contributed by atoms with Gasteiger partial charge in [0.15, 0.2) is 11.6 Å². The van der Waals surface area contributed by atoms with Gasteiger partial charge in [-0.3, -0.25) is 9.59 Å². The first kappa shape index (κ1) is 12.0. The Kier molecular flexibility index (Phi) is 3.18. The van der Waals surface area contributed by atoms with Crippen molar-refractivity contribution < 1.29 is 13.6 Å². The molecule has 0 saturated carbocycles. The molecule has 2 rings (SSSR count). The molecule has 0 aliphatic carbocycles. The summed E-state index contributed by atoms with van der Waals surface area (Å²) in [5, 5.41) is 2.30. The number of carbonyl (C=O) groups excluding carboxylic acids is 1. The number of halogens is 2. The van der Waals surface area contributed by atoms with Crippen LogP contribution in [0.1, 0.15) is 10.4 Å². The summed E-state index contributed by atoms with van der Waals surface area (Å²) in [7, 11) is 0. The molecule has 0 aliphatic heterocycles. The van der Waals surface area contributed by atoms with Crippen molar-refractivity contribution in [1.29, 1.82) is 0 Å². The third-order valence-electron chi connectivity index (χ3n) is 2.25. The smallest absolute Gasteiger partial charge is 0.255 e. The van der Waals surface area contributed by atoms with E-state index in [9.17, 15) is 18.4 Å². The highest BCUT2D eigenvalue weighted by molar-refractivity contribution is 6.04. The fraction of sp³-hybridized carbons (Fsp3) is 0. The monoisotopic (exact) mass is 250 g/mol. The maximum atomic E-state index is 12.9. The van der Waals surface area contributed by atoms with Crippen LogP contribution >= 0.6 is 0 Å². The standard InChI is InChI=1S/C12H8F2N2O2/c13-8-2-1-7(5-9(8)14)12(18)16-10-6-15-4-3-11(10)17/h1-6H,(H,15,17)(H,16,18). The van der Waals surface area contributed by atoms with Crippen LogP contribution in [-0.4, -0.2) is 10.9 Å². The highest BCUT2D eigenvalue weighted by atomic mass is 19.2. The van der Waals surface area contributed by atoms with Crippen molar-refractivity contribution in [3.63, 3.8) is 0 Å². The van der Waals surface area contributed by atoms with Crippen LogP contribution in [0, 0.1) is 11.6 Å². The minimum Gasteiger partial charge on any atom is -0.366 e. The molecule has 92 valence electrons. The van der Waals surface area contributed by atoms with E-state index in [-0.39, 0.29) is 16.7 Å². The lowest BCUT2D eigenvalue weighted by molar-refractivity contribution is 0.102. The van der Waals surface area contributed by atoms with Crippen molar-refractivity contribution in [3.05, 3.63) is 64.1 Å². The van der Waals surface area contributed by atoms with Crippen molar-refractivity contribution in [3.8, 4) is 0 Å². The van der Waals surface area contributed by atoms with Gasteiger partial charge in [-0.1, -0.05) is 0 Å². The minimum atomic E-state index is -1.12. The SMILES string of the molecule is O=C(Nc1c[nH]ccc1=O)c1ccc(F)c(F)c1. The largest absolute Gasteiger partial charge is 0.366 e. The number of hydrogen-bond donors (Lipinski definition) is 2. The number of hydrogen-bond acceptors (Lipinski definition) is 2. The van der Waals surface area contributed by atoms with Gasteiger partial charge in [-0.25, -0.2) is 8.78 Å². The van der Waals surface area contributed by atoms with Crippen molar-refractivity contribution >= 4 is 11.6 Å². The Labute approximate surface area is 100 Å². The second-order valence-corrected chi connectivity index (χ2v) is 3.51. The van der Waals surface area contributed by atoms with Crippen molar-refractivity contribution in [2.75, 3.05) is 5.32 Å². The van der Waals surface area contributed by atoms with Crippen molar-refractivity contribution in [2.45, 2.75) is 0 Å². The van der Waals surface area contributed by atoms with E-state index in [1.54, 1.807) is 0 Å². The number of amides is 1. The number of H-pyrrole nitrogens is 1. The quantitative estimate of drug-likeness (QED) is 0.855. The Balaban J connectivity index is 2.25. The third-order valence-corrected chi connectivity index (χ3v) is 2.25. The van der Waals surface area contributed by atoms with E-state index >= 15 is 0 Å². The van der Waals surface area contributed by atoms with Crippen LogP contribution in [0.5, 0.6) is 0 Å². The summed E-state index contributed by atoms with van der Waals surface area (Å²) in [6, 6.07) is 3.98. The van der Waals surface area contributed by atoms with Gasteiger partial charge in [0.05, 0.1) is 0 Å². The second-order valence-electron chi connectivity index (χ2n) is 3.51. The fourth-order valence-corrected chi connectivity index (χ4v) is 1.35. The van der Waals surface area contributed by atoms with E-state index < -0.39 is 17.5 Å². The van der Waals surface area contributed by atoms with Gasteiger partial charge in [0.25, 0.3) is 5.91 Å². The van der Waals surface area contributed by atoms with Crippen LogP contribution < -0.4 is 10.7 Å². The summed E-state index contributed by atoms with van der Waals surface area (Å²) in [6.45, 7) is 0. The molecule has 0 saturated heterocycles. The molecule has 0 aliphatic rings. The Morgan fingerprint density at radius 3 is 2.61 bits per heavy atom. The Hall–Kier alpha value is -2.50. The number of aromatic nitrogens is 1. The summed E-state index contributed by atoms with van der Waals surface area (Å²) < 4.78 is 25.6. The first-order valence-electron chi connectivity index (χ1n) is 5.01. The molecule has 0 unspecified atom stereocenters. The van der Waals surface area contributed by atoms with Gasteiger partial charge >= 0.3 is 0 Å². The summed E-state index contributed by atoms with van der Waals surface area (Å²) >= 11 is 0. The average molecular weight is 250 g/mol. The Bertz CT molecular complexity index is 653. The molecule has 1 aromatic heterocycles. The molecule has 0 spiro atoms. The normalized spacial score (nSPS) is 10.1. The van der Waals surface area contributed by atoms with Crippen molar-refractivity contribution in [1.82, 2.24) is 4.98 Å². The average Bonchev–Trinajstić information content (AvgIpc) is 2.35. The molecule has 1 amide bonds. The van der Waals surface area contributed by atoms with Crippen LogP contribution in [0.2, 0.25) is 0 Å². The van der Waals surface area contributed by atoms with E-state index in [0.29, 0.717) is 0 Å². The number of rotatable bonds is 2. The van der Waals surface area contributed by atoms with Crippen LogP contribution in [0.4, 0.5) is 14.5 Å². The zero-order valence-corrected chi connectivity index (χ0v) is 9.04. The summed E-state index contributed by atoms with van der Waals surface area (Å²) in [5.41, 5.74) is -0.422. The molecule has 0 fully saturated rings. The molecule has 4 nitrogen and oxygen atoms in total. The first-order chi connectivity index (χ1) is 8.58. The van der Waals surface area contributed by atoms with Gasteiger partial charge in [0.2, 0.25) is 5.43 Å². The fourth-order valence-electron chi connectivity index (χ4n) is 1.35.